The van der Waals surface area contributed by atoms with Crippen molar-refractivity contribution < 1.29 is 14.3 Å². The smallest absolute Gasteiger partial charge is 0.230 e. The average molecular weight is 366 g/mol. The van der Waals surface area contributed by atoms with Crippen molar-refractivity contribution in [1.29, 1.82) is 0 Å². The fourth-order valence-corrected chi connectivity index (χ4v) is 5.24. The molecule has 0 aliphatic carbocycles. The van der Waals surface area contributed by atoms with E-state index < -0.39 is 17.4 Å². The van der Waals surface area contributed by atoms with Gasteiger partial charge < -0.3 is 14.5 Å². The fourth-order valence-electron chi connectivity index (χ4n) is 5.24. The van der Waals surface area contributed by atoms with Crippen molar-refractivity contribution in [1.82, 2.24) is 9.80 Å². The van der Waals surface area contributed by atoms with E-state index in [2.05, 4.69) is 12.1 Å². The monoisotopic (exact) mass is 366 g/mol. The molecule has 1 spiro atoms. The first-order chi connectivity index (χ1) is 12.8. The maximum Gasteiger partial charge on any atom is 0.230 e. The number of amides is 2. The van der Waals surface area contributed by atoms with Crippen LogP contribution in [0.25, 0.3) is 0 Å². The summed E-state index contributed by atoms with van der Waals surface area (Å²) in [6, 6.07) is 8.30. The Morgan fingerprint density at radius 1 is 1.22 bits per heavy atom. The molecule has 27 heavy (non-hydrogen) atoms. The Morgan fingerprint density at radius 3 is 2.70 bits per heavy atom. The van der Waals surface area contributed by atoms with E-state index in [-0.39, 0.29) is 23.5 Å². The van der Waals surface area contributed by atoms with Gasteiger partial charge >= 0.3 is 0 Å². The number of carbonyl (C=O) groups excluding carboxylic acids is 2. The van der Waals surface area contributed by atoms with Gasteiger partial charge in [0.15, 0.2) is 0 Å². The molecule has 0 aromatic heterocycles. The van der Waals surface area contributed by atoms with Gasteiger partial charge in [0.2, 0.25) is 11.8 Å². The number of hydrogen-bond donors (Lipinski definition) is 0. The van der Waals surface area contributed by atoms with E-state index >= 15 is 0 Å². The van der Waals surface area contributed by atoms with Gasteiger partial charge in [0.1, 0.15) is 5.60 Å². The standard InChI is InChI=1S/C22H26N2O3/c1-21(2,3)24-13-22-10-8-16(27-22)17(18(22)20(24)26)19(25)23-11-9-14-6-4-5-7-15(14)12-23/h4-8,10,16-18H,9,11-13H2,1-3H3/t16-,17+,18-,22-/m0/s1. The highest BCUT2D eigenvalue weighted by Gasteiger charge is 2.68. The van der Waals surface area contributed by atoms with E-state index in [1.165, 1.54) is 11.1 Å². The first kappa shape index (κ1) is 17.0. The van der Waals surface area contributed by atoms with Crippen LogP contribution in [-0.2, 0) is 27.3 Å². The highest BCUT2D eigenvalue weighted by molar-refractivity contribution is 5.93. The summed E-state index contributed by atoms with van der Waals surface area (Å²) in [7, 11) is 0. The summed E-state index contributed by atoms with van der Waals surface area (Å²) in [5.74, 6) is -0.670. The molecule has 5 heteroatoms. The van der Waals surface area contributed by atoms with Crippen LogP contribution in [0.15, 0.2) is 36.4 Å². The zero-order valence-electron chi connectivity index (χ0n) is 16.1. The summed E-state index contributed by atoms with van der Waals surface area (Å²) in [4.78, 5) is 30.5. The molecule has 1 aromatic carbocycles. The van der Waals surface area contributed by atoms with Crippen molar-refractivity contribution in [3.8, 4) is 0 Å². The normalized spacial score (nSPS) is 34.2. The molecule has 0 radical (unpaired) electrons. The van der Waals surface area contributed by atoms with Gasteiger partial charge in [-0.15, -0.1) is 0 Å². The summed E-state index contributed by atoms with van der Waals surface area (Å²) in [5, 5.41) is 0. The zero-order chi connectivity index (χ0) is 19.0. The van der Waals surface area contributed by atoms with Crippen LogP contribution in [0.5, 0.6) is 0 Å². The van der Waals surface area contributed by atoms with Crippen LogP contribution in [0.3, 0.4) is 0 Å². The molecule has 142 valence electrons. The summed E-state index contributed by atoms with van der Waals surface area (Å²) in [6.45, 7) is 7.99. The SMILES string of the molecule is CC(C)(C)N1C[C@]23C=C[C@H](O2)[C@@H](C(=O)N2CCc4ccccc4C2)[C@H]3C1=O. The molecule has 4 aliphatic heterocycles. The molecule has 1 aromatic rings. The molecular formula is C22H26N2O3. The lowest BCUT2D eigenvalue weighted by molar-refractivity contribution is -0.145. The Labute approximate surface area is 160 Å². The number of benzene rings is 1. The van der Waals surface area contributed by atoms with Crippen LogP contribution >= 0.6 is 0 Å². The third kappa shape index (κ3) is 2.34. The van der Waals surface area contributed by atoms with Gasteiger partial charge in [-0.05, 0) is 38.3 Å². The molecule has 0 unspecified atom stereocenters. The van der Waals surface area contributed by atoms with E-state index in [1.807, 2.05) is 54.9 Å². The molecule has 5 rings (SSSR count). The lowest BCUT2D eigenvalue weighted by Crippen LogP contribution is -2.48. The van der Waals surface area contributed by atoms with Crippen LogP contribution < -0.4 is 0 Å². The Balaban J connectivity index is 1.44. The summed E-state index contributed by atoms with van der Waals surface area (Å²) in [6.07, 6.45) is 4.62. The zero-order valence-corrected chi connectivity index (χ0v) is 16.1. The summed E-state index contributed by atoms with van der Waals surface area (Å²) in [5.41, 5.74) is 1.63. The minimum Gasteiger partial charge on any atom is -0.360 e. The third-order valence-electron chi connectivity index (χ3n) is 6.64. The van der Waals surface area contributed by atoms with Crippen molar-refractivity contribution >= 4 is 11.8 Å². The molecule has 4 heterocycles. The molecule has 2 amide bonds. The molecule has 2 bridgehead atoms. The minimum absolute atomic E-state index is 0.0603. The third-order valence-corrected chi connectivity index (χ3v) is 6.64. The lowest BCUT2D eigenvalue weighted by Gasteiger charge is -2.35. The quantitative estimate of drug-likeness (QED) is 0.716. The molecular weight excluding hydrogens is 340 g/mol. The van der Waals surface area contributed by atoms with Crippen molar-refractivity contribution in [3.63, 3.8) is 0 Å². The summed E-state index contributed by atoms with van der Waals surface area (Å²) < 4.78 is 6.25. The Kier molecular flexibility index (Phi) is 3.43. The number of likely N-dealkylation sites (tertiary alicyclic amines) is 1. The van der Waals surface area contributed by atoms with Gasteiger partial charge in [-0.3, -0.25) is 9.59 Å². The largest absolute Gasteiger partial charge is 0.360 e. The van der Waals surface area contributed by atoms with Gasteiger partial charge in [-0.1, -0.05) is 36.4 Å². The predicted molar refractivity (Wildman–Crippen MR) is 101 cm³/mol. The average Bonchev–Trinajstić information content (AvgIpc) is 3.28. The van der Waals surface area contributed by atoms with Gasteiger partial charge in [-0.25, -0.2) is 0 Å². The number of rotatable bonds is 1. The van der Waals surface area contributed by atoms with Crippen LogP contribution in [0.2, 0.25) is 0 Å². The molecule has 4 atom stereocenters. The van der Waals surface area contributed by atoms with Gasteiger partial charge in [0, 0.05) is 18.6 Å². The maximum atomic E-state index is 13.5. The van der Waals surface area contributed by atoms with Crippen molar-refractivity contribution in [2.24, 2.45) is 11.8 Å². The topological polar surface area (TPSA) is 49.9 Å². The fraction of sp³-hybridized carbons (Fsp3) is 0.545. The first-order valence-corrected chi connectivity index (χ1v) is 9.84. The molecule has 2 fully saturated rings. The highest BCUT2D eigenvalue weighted by Crippen LogP contribution is 2.53. The number of hydrogen-bond acceptors (Lipinski definition) is 3. The Hall–Kier alpha value is -2.14. The van der Waals surface area contributed by atoms with Crippen LogP contribution in [0, 0.1) is 11.8 Å². The van der Waals surface area contributed by atoms with E-state index in [4.69, 9.17) is 4.74 Å². The van der Waals surface area contributed by atoms with Crippen LogP contribution in [-0.4, -0.2) is 51.9 Å². The molecule has 5 nitrogen and oxygen atoms in total. The number of ether oxygens (including phenoxy) is 1. The van der Waals surface area contributed by atoms with Gasteiger partial charge in [-0.2, -0.15) is 0 Å². The van der Waals surface area contributed by atoms with Gasteiger partial charge in [0.05, 0.1) is 24.5 Å². The number of fused-ring (bicyclic) bond motifs is 2. The molecule has 4 aliphatic rings. The minimum atomic E-state index is -0.622. The predicted octanol–water partition coefficient (Wildman–Crippen LogP) is 2.15. The first-order valence-electron chi connectivity index (χ1n) is 9.84. The van der Waals surface area contributed by atoms with Crippen molar-refractivity contribution in [2.45, 2.75) is 51.0 Å². The van der Waals surface area contributed by atoms with Crippen LogP contribution in [0.1, 0.15) is 31.9 Å². The van der Waals surface area contributed by atoms with E-state index in [1.54, 1.807) is 0 Å². The second kappa shape index (κ2) is 5.44. The number of carbonyl (C=O) groups is 2. The Morgan fingerprint density at radius 2 is 1.96 bits per heavy atom. The second-order valence-electron chi connectivity index (χ2n) is 9.27. The van der Waals surface area contributed by atoms with E-state index in [9.17, 15) is 9.59 Å². The van der Waals surface area contributed by atoms with E-state index in [0.717, 1.165) is 6.42 Å². The second-order valence-corrected chi connectivity index (χ2v) is 9.27. The van der Waals surface area contributed by atoms with Crippen molar-refractivity contribution in [3.05, 3.63) is 47.5 Å². The lowest BCUT2D eigenvalue weighted by atomic mass is 9.76. The Bertz CT molecular complexity index is 855. The number of nitrogens with zero attached hydrogens (tertiary/aromatic N) is 2. The van der Waals surface area contributed by atoms with Gasteiger partial charge in [0.25, 0.3) is 0 Å². The molecule has 0 N–H and O–H groups in total. The highest BCUT2D eigenvalue weighted by atomic mass is 16.5. The molecule has 0 saturated carbocycles. The van der Waals surface area contributed by atoms with E-state index in [0.29, 0.717) is 19.6 Å². The van der Waals surface area contributed by atoms with Crippen LogP contribution in [0.4, 0.5) is 0 Å². The molecule has 2 saturated heterocycles. The maximum absolute atomic E-state index is 13.5. The van der Waals surface area contributed by atoms with Crippen molar-refractivity contribution in [2.75, 3.05) is 13.1 Å². The summed E-state index contributed by atoms with van der Waals surface area (Å²) >= 11 is 0.